The molecular formula is C6H12N2O. The van der Waals surface area contributed by atoms with E-state index in [2.05, 4.69) is 10.5 Å². The van der Waals surface area contributed by atoms with Gasteiger partial charge < -0.3 is 4.84 Å². The lowest BCUT2D eigenvalue weighted by Crippen LogP contribution is -2.16. The summed E-state index contributed by atoms with van der Waals surface area (Å²) in [6.07, 6.45) is 2.46. The quantitative estimate of drug-likeness (QED) is 0.335. The van der Waals surface area contributed by atoms with Crippen LogP contribution in [-0.2, 0) is 4.84 Å². The first-order valence-corrected chi connectivity index (χ1v) is 3.18. The van der Waals surface area contributed by atoms with Crippen molar-refractivity contribution in [3.8, 4) is 0 Å². The Morgan fingerprint density at radius 2 is 2.33 bits per heavy atom. The molecule has 0 aliphatic heterocycles. The number of aliphatic imine (C=N–C) groups is 1. The molecule has 3 heteroatoms. The summed E-state index contributed by atoms with van der Waals surface area (Å²) >= 11 is 0. The number of hydrogen-bond donors (Lipinski definition) is 1. The number of hydroxylamine groups is 1. The molecule has 1 aliphatic rings. The van der Waals surface area contributed by atoms with Gasteiger partial charge in [-0.2, -0.15) is 5.48 Å². The zero-order valence-corrected chi connectivity index (χ0v) is 5.85. The van der Waals surface area contributed by atoms with Crippen LogP contribution in [0, 0.1) is 5.92 Å². The maximum absolute atomic E-state index is 5.02. The third kappa shape index (κ3) is 1.68. The summed E-state index contributed by atoms with van der Waals surface area (Å²) < 4.78 is 0. The number of hydrogen-bond acceptors (Lipinski definition) is 3. The Bertz CT molecular complexity index is 118. The zero-order chi connectivity index (χ0) is 6.69. The minimum Gasteiger partial charge on any atom is -0.393 e. The third-order valence-electron chi connectivity index (χ3n) is 1.35. The largest absolute Gasteiger partial charge is 0.393 e. The molecule has 0 saturated heterocycles. The van der Waals surface area contributed by atoms with Crippen LogP contribution >= 0.6 is 0 Å². The van der Waals surface area contributed by atoms with Crippen LogP contribution in [0.25, 0.3) is 0 Å². The molecule has 1 N–H and O–H groups in total. The lowest BCUT2D eigenvalue weighted by molar-refractivity contribution is 0.199. The number of nitrogens with one attached hydrogen (secondary N) is 1. The fraction of sp³-hybridized carbons (Fsp3) is 0.833. The lowest BCUT2D eigenvalue weighted by atomic mass is 10.4. The highest BCUT2D eigenvalue weighted by Gasteiger charge is 2.28. The molecule has 0 aromatic carbocycles. The first kappa shape index (κ1) is 6.55. The first-order chi connectivity index (χ1) is 4.38. The van der Waals surface area contributed by atoms with Crippen molar-refractivity contribution in [3.63, 3.8) is 0 Å². The lowest BCUT2D eigenvalue weighted by Gasteiger charge is -2.02. The van der Waals surface area contributed by atoms with E-state index in [9.17, 15) is 0 Å². The van der Waals surface area contributed by atoms with Gasteiger partial charge in [0.15, 0.2) is 0 Å². The van der Waals surface area contributed by atoms with Crippen LogP contribution in [0.2, 0.25) is 0 Å². The molecule has 1 rings (SSSR count). The fourth-order valence-electron chi connectivity index (χ4n) is 0.746. The molecule has 0 amide bonds. The van der Waals surface area contributed by atoms with Crippen molar-refractivity contribution in [1.29, 1.82) is 0 Å². The van der Waals surface area contributed by atoms with Gasteiger partial charge >= 0.3 is 0 Å². The molecule has 0 heterocycles. The average molecular weight is 128 g/mol. The Hall–Kier alpha value is -0.570. The van der Waals surface area contributed by atoms with Crippen LogP contribution in [0.1, 0.15) is 12.8 Å². The van der Waals surface area contributed by atoms with E-state index in [1.165, 1.54) is 12.8 Å². The number of rotatable bonds is 2. The highest BCUT2D eigenvalue weighted by molar-refractivity contribution is 5.80. The van der Waals surface area contributed by atoms with E-state index in [-0.39, 0.29) is 0 Å². The Kier molecular flexibility index (Phi) is 2.05. The summed E-state index contributed by atoms with van der Waals surface area (Å²) in [6, 6.07) is 0. The normalized spacial score (nSPS) is 20.0. The van der Waals surface area contributed by atoms with Gasteiger partial charge in [-0.05, 0) is 12.8 Å². The van der Waals surface area contributed by atoms with Crippen molar-refractivity contribution in [2.75, 3.05) is 14.1 Å². The van der Waals surface area contributed by atoms with Gasteiger partial charge in [-0.25, -0.2) is 0 Å². The Morgan fingerprint density at radius 3 is 2.67 bits per heavy atom. The molecule has 3 nitrogen and oxygen atoms in total. The van der Waals surface area contributed by atoms with Crippen molar-refractivity contribution >= 4 is 5.90 Å². The van der Waals surface area contributed by atoms with E-state index in [1.54, 1.807) is 14.1 Å². The van der Waals surface area contributed by atoms with Gasteiger partial charge in [0.1, 0.15) is 0 Å². The SMILES string of the molecule is CN=C(ONC)C1CC1. The Morgan fingerprint density at radius 1 is 1.67 bits per heavy atom. The summed E-state index contributed by atoms with van der Waals surface area (Å²) in [4.78, 5) is 8.99. The molecule has 1 saturated carbocycles. The molecule has 0 radical (unpaired) electrons. The van der Waals surface area contributed by atoms with Gasteiger partial charge in [-0.3, -0.25) is 4.99 Å². The van der Waals surface area contributed by atoms with Crippen LogP contribution in [0.5, 0.6) is 0 Å². The van der Waals surface area contributed by atoms with Gasteiger partial charge in [-0.1, -0.05) is 0 Å². The van der Waals surface area contributed by atoms with Crippen LogP contribution < -0.4 is 5.48 Å². The zero-order valence-electron chi connectivity index (χ0n) is 5.85. The maximum Gasteiger partial charge on any atom is 0.212 e. The molecular weight excluding hydrogens is 116 g/mol. The average Bonchev–Trinajstić information content (AvgIpc) is 2.64. The third-order valence-corrected chi connectivity index (χ3v) is 1.35. The van der Waals surface area contributed by atoms with E-state index >= 15 is 0 Å². The van der Waals surface area contributed by atoms with Crippen molar-refractivity contribution in [2.45, 2.75) is 12.8 Å². The summed E-state index contributed by atoms with van der Waals surface area (Å²) in [7, 11) is 3.50. The molecule has 52 valence electrons. The molecule has 0 atom stereocenters. The van der Waals surface area contributed by atoms with E-state index < -0.39 is 0 Å². The van der Waals surface area contributed by atoms with Gasteiger partial charge in [0, 0.05) is 20.0 Å². The topological polar surface area (TPSA) is 33.6 Å². The van der Waals surface area contributed by atoms with Crippen LogP contribution in [-0.4, -0.2) is 20.0 Å². The van der Waals surface area contributed by atoms with Gasteiger partial charge in [0.25, 0.3) is 0 Å². The van der Waals surface area contributed by atoms with E-state index in [0.717, 1.165) is 5.90 Å². The second-order valence-corrected chi connectivity index (χ2v) is 2.14. The summed E-state index contributed by atoms with van der Waals surface area (Å²) in [6.45, 7) is 0. The molecule has 0 spiro atoms. The molecule has 0 unspecified atom stereocenters. The minimum absolute atomic E-state index is 0.599. The molecule has 0 aromatic heterocycles. The van der Waals surface area contributed by atoms with E-state index in [4.69, 9.17) is 4.84 Å². The predicted octanol–water partition coefficient (Wildman–Crippen LogP) is 0.576. The van der Waals surface area contributed by atoms with Crippen molar-refractivity contribution in [1.82, 2.24) is 5.48 Å². The van der Waals surface area contributed by atoms with Crippen molar-refractivity contribution in [2.24, 2.45) is 10.9 Å². The Balaban J connectivity index is 2.30. The highest BCUT2D eigenvalue weighted by Crippen LogP contribution is 2.30. The molecule has 1 aliphatic carbocycles. The monoisotopic (exact) mass is 128 g/mol. The standard InChI is InChI=1S/C6H12N2O/c1-7-6(9-8-2)5-3-4-5/h5,8H,3-4H2,1-2H3. The summed E-state index contributed by atoms with van der Waals surface area (Å²) in [5.41, 5.74) is 2.61. The second-order valence-electron chi connectivity index (χ2n) is 2.14. The van der Waals surface area contributed by atoms with Crippen LogP contribution in [0.15, 0.2) is 4.99 Å². The van der Waals surface area contributed by atoms with Gasteiger partial charge in [0.2, 0.25) is 5.90 Å². The smallest absolute Gasteiger partial charge is 0.212 e. The van der Waals surface area contributed by atoms with Crippen LogP contribution in [0.4, 0.5) is 0 Å². The van der Waals surface area contributed by atoms with Crippen molar-refractivity contribution in [3.05, 3.63) is 0 Å². The van der Waals surface area contributed by atoms with E-state index in [0.29, 0.717) is 5.92 Å². The van der Waals surface area contributed by atoms with Crippen molar-refractivity contribution < 1.29 is 4.84 Å². The van der Waals surface area contributed by atoms with Gasteiger partial charge in [-0.15, -0.1) is 0 Å². The van der Waals surface area contributed by atoms with E-state index in [1.807, 2.05) is 0 Å². The maximum atomic E-state index is 5.02. The number of nitrogens with zero attached hydrogens (tertiary/aromatic N) is 1. The fourth-order valence-corrected chi connectivity index (χ4v) is 0.746. The molecule has 0 bridgehead atoms. The molecule has 1 fully saturated rings. The molecule has 9 heavy (non-hydrogen) atoms. The predicted molar refractivity (Wildman–Crippen MR) is 36.2 cm³/mol. The van der Waals surface area contributed by atoms with Crippen LogP contribution in [0.3, 0.4) is 0 Å². The summed E-state index contributed by atoms with van der Waals surface area (Å²) in [5.74, 6) is 1.44. The second kappa shape index (κ2) is 2.82. The minimum atomic E-state index is 0.599. The first-order valence-electron chi connectivity index (χ1n) is 3.18. The van der Waals surface area contributed by atoms with Gasteiger partial charge in [0.05, 0.1) is 0 Å². The summed E-state index contributed by atoms with van der Waals surface area (Å²) in [5, 5.41) is 0. The Labute approximate surface area is 55.1 Å². The molecule has 0 aromatic rings. The highest BCUT2D eigenvalue weighted by atomic mass is 16.7.